The third-order valence-corrected chi connectivity index (χ3v) is 6.95. The van der Waals surface area contributed by atoms with Crippen molar-refractivity contribution in [1.82, 2.24) is 9.47 Å². The van der Waals surface area contributed by atoms with Gasteiger partial charge in [-0.25, -0.2) is 9.18 Å². The van der Waals surface area contributed by atoms with Gasteiger partial charge in [0.1, 0.15) is 11.4 Å². The summed E-state index contributed by atoms with van der Waals surface area (Å²) in [5, 5.41) is 9.64. The summed E-state index contributed by atoms with van der Waals surface area (Å²) in [5.41, 5.74) is 1.73. The largest absolute Gasteiger partial charge is 0.438 e. The lowest BCUT2D eigenvalue weighted by atomic mass is 9.75. The van der Waals surface area contributed by atoms with Gasteiger partial charge in [-0.1, -0.05) is 36.4 Å². The number of aryl methyl sites for hydroxylation is 1. The first-order valence-corrected chi connectivity index (χ1v) is 12.0. The normalized spacial score (nSPS) is 18.9. The Hall–Kier alpha value is -3.92. The summed E-state index contributed by atoms with van der Waals surface area (Å²) in [7, 11) is 1.72. The molecule has 0 saturated carbocycles. The molecule has 7 heteroatoms. The first-order chi connectivity index (χ1) is 17.0. The van der Waals surface area contributed by atoms with Gasteiger partial charge in [0.25, 0.3) is 0 Å². The maximum atomic E-state index is 13.6. The SMILES string of the molecule is C[C@@H](c1ccc(-c2ccc(=O)n(C)c2)cc1)N1CC[C@@](CC(C)(C)C#N)(c2ccc(F)cc2)OC1=O. The average Bonchev–Trinajstić information content (AvgIpc) is 2.85. The van der Waals surface area contributed by atoms with Crippen LogP contribution in [-0.4, -0.2) is 22.1 Å². The predicted octanol–water partition coefficient (Wildman–Crippen LogP) is 5.93. The van der Waals surface area contributed by atoms with E-state index in [0.29, 0.717) is 24.9 Å². The Balaban J connectivity index is 1.56. The van der Waals surface area contributed by atoms with Crippen molar-refractivity contribution in [2.75, 3.05) is 6.54 Å². The standard InChI is InChI=1S/C29H30FN3O3/c1-20(21-5-7-22(8-6-21)23-9-14-26(34)32(4)17-23)33-16-15-29(36-27(33)35,18-28(2,3)19-31)24-10-12-25(30)13-11-24/h5-14,17,20H,15-16,18H2,1-4H3/t20-,29+/m0/s1. The monoisotopic (exact) mass is 487 g/mol. The number of halogens is 1. The van der Waals surface area contributed by atoms with Crippen molar-refractivity contribution in [3.8, 4) is 17.2 Å². The molecule has 186 valence electrons. The van der Waals surface area contributed by atoms with Gasteiger partial charge >= 0.3 is 6.09 Å². The summed E-state index contributed by atoms with van der Waals surface area (Å²) in [6, 6.07) is 19.2. The molecule has 1 aromatic heterocycles. The van der Waals surface area contributed by atoms with Crippen LogP contribution in [-0.2, 0) is 17.4 Å². The summed E-state index contributed by atoms with van der Waals surface area (Å²) in [5.74, 6) is -0.369. The molecule has 0 spiro atoms. The number of hydrogen-bond acceptors (Lipinski definition) is 4. The molecule has 0 unspecified atom stereocenters. The maximum Gasteiger partial charge on any atom is 0.411 e. The first kappa shape index (κ1) is 25.2. The van der Waals surface area contributed by atoms with E-state index in [2.05, 4.69) is 6.07 Å². The molecule has 1 fully saturated rings. The molecular weight excluding hydrogens is 457 g/mol. The molecule has 6 nitrogen and oxygen atoms in total. The number of benzene rings is 2. The van der Waals surface area contributed by atoms with Crippen LogP contribution < -0.4 is 5.56 Å². The molecule has 3 aromatic rings. The highest BCUT2D eigenvalue weighted by Crippen LogP contribution is 2.44. The lowest BCUT2D eigenvalue weighted by Crippen LogP contribution is -2.50. The highest BCUT2D eigenvalue weighted by atomic mass is 19.1. The van der Waals surface area contributed by atoms with Crippen LogP contribution in [0.5, 0.6) is 0 Å². The Kier molecular flexibility index (Phi) is 6.73. The van der Waals surface area contributed by atoms with Gasteiger partial charge in [0.2, 0.25) is 5.56 Å². The molecule has 0 N–H and O–H groups in total. The number of carbonyl (C=O) groups excluding carboxylic acids is 1. The number of hydrogen-bond donors (Lipinski definition) is 0. The second kappa shape index (κ2) is 9.62. The fourth-order valence-electron chi connectivity index (χ4n) is 4.86. The second-order valence-corrected chi connectivity index (χ2v) is 10.1. The number of carbonyl (C=O) groups is 1. The van der Waals surface area contributed by atoms with E-state index < -0.39 is 17.1 Å². The summed E-state index contributed by atoms with van der Waals surface area (Å²) < 4.78 is 21.2. The molecule has 4 rings (SSSR count). The summed E-state index contributed by atoms with van der Waals surface area (Å²) in [6.07, 6.45) is 2.12. The molecule has 0 aliphatic carbocycles. The van der Waals surface area contributed by atoms with Gasteiger partial charge in [-0.3, -0.25) is 4.79 Å². The number of ether oxygens (including phenoxy) is 1. The number of rotatable bonds is 6. The summed E-state index contributed by atoms with van der Waals surface area (Å²) in [6.45, 7) is 6.01. The van der Waals surface area contributed by atoms with Gasteiger partial charge in [-0.05, 0) is 61.2 Å². The zero-order chi connectivity index (χ0) is 26.1. The molecule has 1 aliphatic rings. The van der Waals surface area contributed by atoms with Crippen molar-refractivity contribution in [2.24, 2.45) is 12.5 Å². The summed E-state index contributed by atoms with van der Waals surface area (Å²) in [4.78, 5) is 26.7. The van der Waals surface area contributed by atoms with Gasteiger partial charge in [0.05, 0.1) is 17.5 Å². The highest BCUT2D eigenvalue weighted by molar-refractivity contribution is 5.70. The van der Waals surface area contributed by atoms with Gasteiger partial charge in [0, 0.05) is 38.7 Å². The average molecular weight is 488 g/mol. The van der Waals surface area contributed by atoms with Crippen LogP contribution in [0.4, 0.5) is 9.18 Å². The molecule has 2 heterocycles. The highest BCUT2D eigenvalue weighted by Gasteiger charge is 2.46. The van der Waals surface area contributed by atoms with Crippen LogP contribution in [0.1, 0.15) is 50.8 Å². The lowest BCUT2D eigenvalue weighted by molar-refractivity contribution is -0.0770. The Morgan fingerprint density at radius 2 is 1.69 bits per heavy atom. The Morgan fingerprint density at radius 3 is 2.28 bits per heavy atom. The molecule has 0 radical (unpaired) electrons. The minimum Gasteiger partial charge on any atom is -0.438 e. The number of nitriles is 1. The van der Waals surface area contributed by atoms with Crippen molar-refractivity contribution in [3.05, 3.63) is 94.2 Å². The Morgan fingerprint density at radius 1 is 1.06 bits per heavy atom. The van der Waals surface area contributed by atoms with Crippen molar-refractivity contribution in [2.45, 2.75) is 45.3 Å². The molecule has 2 aromatic carbocycles. The fourth-order valence-corrected chi connectivity index (χ4v) is 4.86. The molecule has 2 atom stereocenters. The van der Waals surface area contributed by atoms with Crippen molar-refractivity contribution < 1.29 is 13.9 Å². The van der Waals surface area contributed by atoms with E-state index in [1.54, 1.807) is 36.3 Å². The molecule has 1 amide bonds. The number of nitrogens with zero attached hydrogens (tertiary/aromatic N) is 3. The van der Waals surface area contributed by atoms with E-state index in [9.17, 15) is 19.2 Å². The van der Waals surface area contributed by atoms with Crippen molar-refractivity contribution in [3.63, 3.8) is 0 Å². The van der Waals surface area contributed by atoms with Gasteiger partial charge in [-0.2, -0.15) is 5.26 Å². The second-order valence-electron chi connectivity index (χ2n) is 10.1. The van der Waals surface area contributed by atoms with Crippen molar-refractivity contribution >= 4 is 6.09 Å². The van der Waals surface area contributed by atoms with Crippen LogP contribution in [0, 0.1) is 22.6 Å². The van der Waals surface area contributed by atoms with E-state index >= 15 is 0 Å². The van der Waals surface area contributed by atoms with E-state index in [1.807, 2.05) is 45.0 Å². The zero-order valence-corrected chi connectivity index (χ0v) is 21.0. The molecule has 1 saturated heterocycles. The van der Waals surface area contributed by atoms with Crippen LogP contribution in [0.3, 0.4) is 0 Å². The van der Waals surface area contributed by atoms with E-state index in [4.69, 9.17) is 4.74 Å². The Labute approximate surface area is 210 Å². The van der Waals surface area contributed by atoms with E-state index in [1.165, 1.54) is 22.8 Å². The number of cyclic esters (lactones) is 1. The minimum absolute atomic E-state index is 0.0672. The number of amides is 1. The first-order valence-electron chi connectivity index (χ1n) is 12.0. The van der Waals surface area contributed by atoms with Gasteiger partial charge in [0.15, 0.2) is 0 Å². The molecule has 36 heavy (non-hydrogen) atoms. The Bertz CT molecular complexity index is 1360. The quantitative estimate of drug-likeness (QED) is 0.432. The zero-order valence-electron chi connectivity index (χ0n) is 21.0. The van der Waals surface area contributed by atoms with Gasteiger partial charge < -0.3 is 14.2 Å². The molecule has 0 bridgehead atoms. The lowest BCUT2D eigenvalue weighted by Gasteiger charge is -2.45. The topological polar surface area (TPSA) is 75.3 Å². The van der Waals surface area contributed by atoms with Crippen molar-refractivity contribution in [1.29, 1.82) is 5.26 Å². The maximum absolute atomic E-state index is 13.6. The third-order valence-electron chi connectivity index (χ3n) is 6.95. The fraction of sp³-hybridized carbons (Fsp3) is 0.345. The van der Waals surface area contributed by atoms with Gasteiger partial charge in [-0.15, -0.1) is 0 Å². The van der Waals surface area contributed by atoms with E-state index in [-0.39, 0.29) is 17.4 Å². The van der Waals surface area contributed by atoms with Crippen LogP contribution in [0.2, 0.25) is 0 Å². The van der Waals surface area contributed by atoms with Crippen LogP contribution in [0.25, 0.3) is 11.1 Å². The van der Waals surface area contributed by atoms with Crippen LogP contribution in [0.15, 0.2) is 71.7 Å². The minimum atomic E-state index is -1.01. The molecule has 1 aliphatic heterocycles. The number of aromatic nitrogens is 1. The predicted molar refractivity (Wildman–Crippen MR) is 135 cm³/mol. The molecular formula is C29H30FN3O3. The third kappa shape index (κ3) is 5.03. The summed E-state index contributed by atoms with van der Waals surface area (Å²) >= 11 is 0. The smallest absolute Gasteiger partial charge is 0.411 e. The van der Waals surface area contributed by atoms with E-state index in [0.717, 1.165) is 16.7 Å². The number of pyridine rings is 1. The van der Waals surface area contributed by atoms with Crippen LogP contribution >= 0.6 is 0 Å².